The molecule has 2 aromatic rings. The number of nitrogens with zero attached hydrogens (tertiary/aromatic N) is 1. The van der Waals surface area contributed by atoms with Gasteiger partial charge in [-0.3, -0.25) is 10.1 Å². The zero-order valence-electron chi connectivity index (χ0n) is 11.1. The van der Waals surface area contributed by atoms with Crippen LogP contribution in [0, 0.1) is 10.1 Å². The first-order chi connectivity index (χ1) is 10.0. The van der Waals surface area contributed by atoms with Crippen molar-refractivity contribution >= 4 is 34.6 Å². The molecule has 0 aliphatic rings. The Morgan fingerprint density at radius 1 is 1.24 bits per heavy atom. The summed E-state index contributed by atoms with van der Waals surface area (Å²) in [6.45, 7) is 0.432. The summed E-state index contributed by atoms with van der Waals surface area (Å²) in [5.74, 6) is 0.735. The highest BCUT2D eigenvalue weighted by Gasteiger charge is 2.14. The average Bonchev–Trinajstić information content (AvgIpc) is 2.46. The molecule has 0 saturated heterocycles. The third-order valence-electron chi connectivity index (χ3n) is 2.89. The number of methoxy groups -OCH3 is 1. The fourth-order valence-corrected chi connectivity index (χ4v) is 2.48. The number of halogens is 2. The number of nitro groups is 1. The van der Waals surface area contributed by atoms with Gasteiger partial charge in [0.25, 0.3) is 5.69 Å². The molecule has 0 fully saturated rings. The minimum atomic E-state index is -0.540. The topological polar surface area (TPSA) is 64.4 Å². The van der Waals surface area contributed by atoms with Gasteiger partial charge in [-0.15, -0.1) is 0 Å². The number of hydrogen-bond acceptors (Lipinski definition) is 4. The number of benzene rings is 2. The summed E-state index contributed by atoms with van der Waals surface area (Å²) < 4.78 is 5.25. The molecule has 0 saturated carbocycles. The van der Waals surface area contributed by atoms with Crippen LogP contribution in [0.1, 0.15) is 5.56 Å². The summed E-state index contributed by atoms with van der Waals surface area (Å²) in [5.41, 5.74) is 1.23. The molecule has 0 aliphatic heterocycles. The third kappa shape index (κ3) is 3.56. The van der Waals surface area contributed by atoms with Crippen molar-refractivity contribution in [3.05, 3.63) is 62.1 Å². The minimum absolute atomic E-state index is 0.146. The molecule has 110 valence electrons. The minimum Gasteiger partial charge on any atom is -0.496 e. The normalized spacial score (nSPS) is 10.2. The molecule has 2 aromatic carbocycles. The summed E-state index contributed by atoms with van der Waals surface area (Å²) in [6.07, 6.45) is 0. The van der Waals surface area contributed by atoms with Crippen LogP contribution >= 0.6 is 23.2 Å². The maximum Gasteiger partial charge on any atom is 0.272 e. The molecule has 0 heterocycles. The number of ether oxygens (including phenoxy) is 1. The summed E-state index contributed by atoms with van der Waals surface area (Å²) in [4.78, 5) is 10.2. The van der Waals surface area contributed by atoms with Crippen molar-refractivity contribution in [2.45, 2.75) is 6.54 Å². The lowest BCUT2D eigenvalue weighted by Gasteiger charge is -2.12. The molecule has 7 heteroatoms. The molecule has 0 atom stereocenters. The summed E-state index contributed by atoms with van der Waals surface area (Å²) in [7, 11) is 1.59. The maximum absolute atomic E-state index is 10.7. The number of nitro benzene ring substituents is 1. The van der Waals surface area contributed by atoms with Crippen LogP contribution < -0.4 is 10.1 Å². The van der Waals surface area contributed by atoms with Gasteiger partial charge in [0.1, 0.15) is 5.75 Å². The highest BCUT2D eigenvalue weighted by atomic mass is 35.5. The molecular weight excluding hydrogens is 315 g/mol. The van der Waals surface area contributed by atoms with Gasteiger partial charge in [-0.25, -0.2) is 0 Å². The monoisotopic (exact) mass is 326 g/mol. The van der Waals surface area contributed by atoms with E-state index >= 15 is 0 Å². The van der Waals surface area contributed by atoms with Gasteiger partial charge in [-0.05, 0) is 6.07 Å². The van der Waals surface area contributed by atoms with E-state index in [4.69, 9.17) is 27.9 Å². The second-order valence-corrected chi connectivity index (χ2v) is 5.02. The Morgan fingerprint density at radius 2 is 1.86 bits per heavy atom. The van der Waals surface area contributed by atoms with E-state index in [1.165, 1.54) is 12.1 Å². The van der Waals surface area contributed by atoms with Crippen LogP contribution in [0.3, 0.4) is 0 Å². The first-order valence-corrected chi connectivity index (χ1v) is 6.77. The maximum atomic E-state index is 10.7. The van der Waals surface area contributed by atoms with Crippen LogP contribution in [0.25, 0.3) is 0 Å². The molecule has 1 N–H and O–H groups in total. The van der Waals surface area contributed by atoms with E-state index in [2.05, 4.69) is 5.32 Å². The Kier molecular flexibility index (Phi) is 4.88. The highest BCUT2D eigenvalue weighted by Crippen LogP contribution is 2.35. The smallest absolute Gasteiger partial charge is 0.272 e. The van der Waals surface area contributed by atoms with Crippen LogP contribution in [-0.4, -0.2) is 12.0 Å². The summed E-state index contributed by atoms with van der Waals surface area (Å²) in [5, 5.41) is 14.2. The Morgan fingerprint density at radius 3 is 2.43 bits per heavy atom. The van der Waals surface area contributed by atoms with E-state index in [1.807, 2.05) is 24.3 Å². The lowest BCUT2D eigenvalue weighted by atomic mass is 10.2. The average molecular weight is 327 g/mol. The van der Waals surface area contributed by atoms with E-state index in [0.29, 0.717) is 12.2 Å². The molecular formula is C14H12Cl2N2O3. The van der Waals surface area contributed by atoms with Crippen molar-refractivity contribution in [2.24, 2.45) is 0 Å². The molecule has 2 rings (SSSR count). The molecule has 0 amide bonds. The molecule has 0 aliphatic carbocycles. The molecule has 0 unspecified atom stereocenters. The van der Waals surface area contributed by atoms with E-state index in [0.717, 1.165) is 11.3 Å². The van der Waals surface area contributed by atoms with Crippen molar-refractivity contribution in [3.63, 3.8) is 0 Å². The predicted molar refractivity (Wildman–Crippen MR) is 83.4 cm³/mol. The molecule has 0 bridgehead atoms. The van der Waals surface area contributed by atoms with Crippen LogP contribution in [0.2, 0.25) is 10.0 Å². The molecule has 5 nitrogen and oxygen atoms in total. The second-order valence-electron chi connectivity index (χ2n) is 4.21. The van der Waals surface area contributed by atoms with Gasteiger partial charge in [0.05, 0.1) is 27.8 Å². The Bertz CT molecular complexity index is 654. The number of para-hydroxylation sites is 1. The lowest BCUT2D eigenvalue weighted by Crippen LogP contribution is -2.03. The van der Waals surface area contributed by atoms with Crippen molar-refractivity contribution in [3.8, 4) is 5.75 Å². The summed E-state index contributed by atoms with van der Waals surface area (Å²) in [6, 6.07) is 10.0. The first-order valence-electron chi connectivity index (χ1n) is 6.02. The fourth-order valence-electron chi connectivity index (χ4n) is 1.87. The van der Waals surface area contributed by atoms with Gasteiger partial charge in [-0.2, -0.15) is 0 Å². The van der Waals surface area contributed by atoms with E-state index in [1.54, 1.807) is 7.11 Å². The summed E-state index contributed by atoms with van der Waals surface area (Å²) >= 11 is 12.1. The van der Waals surface area contributed by atoms with E-state index in [-0.39, 0.29) is 15.7 Å². The number of anilines is 1. The second kappa shape index (κ2) is 6.65. The van der Waals surface area contributed by atoms with Gasteiger partial charge in [0, 0.05) is 24.2 Å². The molecule has 21 heavy (non-hydrogen) atoms. The Hall–Kier alpha value is -1.98. The Labute approximate surface area is 131 Å². The number of hydrogen-bond donors (Lipinski definition) is 1. The van der Waals surface area contributed by atoms with Crippen LogP contribution in [0.15, 0.2) is 36.4 Å². The third-order valence-corrected chi connectivity index (χ3v) is 3.48. The van der Waals surface area contributed by atoms with Gasteiger partial charge in [-0.1, -0.05) is 41.4 Å². The van der Waals surface area contributed by atoms with Crippen molar-refractivity contribution in [2.75, 3.05) is 12.4 Å². The number of non-ortho nitro benzene ring substituents is 1. The first kappa shape index (κ1) is 15.4. The zero-order valence-corrected chi connectivity index (χ0v) is 12.6. The highest BCUT2D eigenvalue weighted by molar-refractivity contribution is 6.39. The molecule has 0 aromatic heterocycles. The van der Waals surface area contributed by atoms with Gasteiger partial charge in [0.2, 0.25) is 0 Å². The van der Waals surface area contributed by atoms with Crippen LogP contribution in [0.4, 0.5) is 11.4 Å². The van der Waals surface area contributed by atoms with Crippen LogP contribution in [-0.2, 0) is 6.54 Å². The van der Waals surface area contributed by atoms with Gasteiger partial charge in [0.15, 0.2) is 0 Å². The van der Waals surface area contributed by atoms with Crippen molar-refractivity contribution < 1.29 is 9.66 Å². The van der Waals surface area contributed by atoms with Crippen molar-refractivity contribution in [1.82, 2.24) is 0 Å². The SMILES string of the molecule is COc1ccccc1CNc1c(Cl)cc([N+](=O)[O-])cc1Cl. The van der Waals surface area contributed by atoms with Crippen molar-refractivity contribution in [1.29, 1.82) is 0 Å². The van der Waals surface area contributed by atoms with Gasteiger partial charge < -0.3 is 10.1 Å². The molecule has 0 radical (unpaired) electrons. The Balaban J connectivity index is 2.22. The number of rotatable bonds is 5. The molecule has 0 spiro atoms. The largest absolute Gasteiger partial charge is 0.496 e. The lowest BCUT2D eigenvalue weighted by molar-refractivity contribution is -0.384. The quantitative estimate of drug-likeness (QED) is 0.648. The fraction of sp³-hybridized carbons (Fsp3) is 0.143. The van der Waals surface area contributed by atoms with E-state index in [9.17, 15) is 10.1 Å². The predicted octanol–water partition coefficient (Wildman–Crippen LogP) is 4.52. The standard InChI is InChI=1S/C14H12Cl2N2O3/c1-21-13-5-3-2-4-9(13)8-17-14-11(15)6-10(18(19)20)7-12(14)16/h2-7,17H,8H2,1H3. The van der Waals surface area contributed by atoms with E-state index < -0.39 is 4.92 Å². The van der Waals surface area contributed by atoms with Crippen LogP contribution in [0.5, 0.6) is 5.75 Å². The zero-order chi connectivity index (χ0) is 15.4. The van der Waals surface area contributed by atoms with Gasteiger partial charge >= 0.3 is 0 Å². The number of nitrogens with one attached hydrogen (secondary N) is 1.